The number of aryl methyl sites for hydroxylation is 1. The summed E-state index contributed by atoms with van der Waals surface area (Å²) in [5, 5.41) is 2.87. The van der Waals surface area contributed by atoms with Gasteiger partial charge in [-0.25, -0.2) is 0 Å². The number of hydrogen-bond acceptors (Lipinski definition) is 2. The Kier molecular flexibility index (Phi) is 5.71. The Morgan fingerprint density at radius 1 is 0.724 bits per heavy atom. The van der Waals surface area contributed by atoms with Crippen molar-refractivity contribution >= 4 is 23.2 Å². The Labute approximate surface area is 171 Å². The van der Waals surface area contributed by atoms with Crippen LogP contribution in [-0.4, -0.2) is 18.4 Å². The van der Waals surface area contributed by atoms with Gasteiger partial charge in [-0.2, -0.15) is 0 Å². The van der Waals surface area contributed by atoms with Crippen LogP contribution in [-0.2, 0) is 6.42 Å². The van der Waals surface area contributed by atoms with Crippen LogP contribution in [0.25, 0.3) is 0 Å². The summed E-state index contributed by atoms with van der Waals surface area (Å²) in [5.41, 5.74) is 4.14. The van der Waals surface area contributed by atoms with E-state index in [1.807, 2.05) is 41.3 Å². The average molecular weight is 384 g/mol. The third kappa shape index (κ3) is 4.37. The first kappa shape index (κ1) is 18.9. The van der Waals surface area contributed by atoms with Gasteiger partial charge in [-0.15, -0.1) is 0 Å². The Hall–Kier alpha value is -3.40. The number of anilines is 2. The van der Waals surface area contributed by atoms with Crippen LogP contribution in [0.1, 0.15) is 45.5 Å². The maximum atomic E-state index is 13.2. The summed E-state index contributed by atoms with van der Waals surface area (Å²) in [6.07, 6.45) is 4.30. The summed E-state index contributed by atoms with van der Waals surface area (Å²) in [4.78, 5) is 27.4. The summed E-state index contributed by atoms with van der Waals surface area (Å²) in [5.74, 6) is -0.164. The number of carbonyl (C=O) groups is 2. The molecule has 1 N–H and O–H groups in total. The zero-order valence-electron chi connectivity index (χ0n) is 16.3. The second-order valence-corrected chi connectivity index (χ2v) is 7.29. The van der Waals surface area contributed by atoms with E-state index in [1.165, 1.54) is 5.56 Å². The maximum absolute atomic E-state index is 13.2. The van der Waals surface area contributed by atoms with Crippen LogP contribution in [0.2, 0.25) is 0 Å². The number of rotatable bonds is 3. The first-order valence-corrected chi connectivity index (χ1v) is 10.1. The monoisotopic (exact) mass is 384 g/mol. The quantitative estimate of drug-likeness (QED) is 0.665. The molecular formula is C25H24N2O2. The van der Waals surface area contributed by atoms with Gasteiger partial charge in [0.2, 0.25) is 0 Å². The van der Waals surface area contributed by atoms with Gasteiger partial charge in [0.15, 0.2) is 0 Å². The van der Waals surface area contributed by atoms with Gasteiger partial charge in [-0.3, -0.25) is 9.59 Å². The Morgan fingerprint density at radius 3 is 2.24 bits per heavy atom. The van der Waals surface area contributed by atoms with Crippen LogP contribution < -0.4 is 10.2 Å². The third-order valence-corrected chi connectivity index (χ3v) is 5.28. The van der Waals surface area contributed by atoms with Gasteiger partial charge in [0.25, 0.3) is 11.8 Å². The highest BCUT2D eigenvalue weighted by molar-refractivity contribution is 6.07. The molecule has 0 atom stereocenters. The molecule has 0 saturated heterocycles. The number of nitrogens with zero attached hydrogens (tertiary/aromatic N) is 1. The van der Waals surface area contributed by atoms with Crippen LogP contribution in [0.15, 0.2) is 78.9 Å². The first-order chi connectivity index (χ1) is 14.2. The Balaban J connectivity index is 1.52. The molecule has 146 valence electrons. The molecule has 0 radical (unpaired) electrons. The fraction of sp³-hybridized carbons (Fsp3) is 0.200. The predicted molar refractivity (Wildman–Crippen MR) is 117 cm³/mol. The number of amides is 2. The molecule has 4 nitrogen and oxygen atoms in total. The van der Waals surface area contributed by atoms with Crippen molar-refractivity contribution in [3.63, 3.8) is 0 Å². The molecular weight excluding hydrogens is 360 g/mol. The highest BCUT2D eigenvalue weighted by atomic mass is 16.2. The number of fused-ring (bicyclic) bond motifs is 1. The molecule has 29 heavy (non-hydrogen) atoms. The van der Waals surface area contributed by atoms with Crippen molar-refractivity contribution in [2.75, 3.05) is 16.8 Å². The number of nitrogens with one attached hydrogen (secondary N) is 1. The van der Waals surface area contributed by atoms with E-state index in [9.17, 15) is 9.59 Å². The molecule has 0 aliphatic carbocycles. The molecule has 0 unspecified atom stereocenters. The van der Waals surface area contributed by atoms with Gasteiger partial charge in [0.05, 0.1) is 0 Å². The van der Waals surface area contributed by atoms with Crippen molar-refractivity contribution in [1.82, 2.24) is 0 Å². The van der Waals surface area contributed by atoms with Gasteiger partial charge >= 0.3 is 0 Å². The zero-order valence-corrected chi connectivity index (χ0v) is 16.3. The molecule has 2 amide bonds. The SMILES string of the molecule is O=C(Nc1ccc(C(=O)N2CCCCCc3ccccc32)cc1)c1ccccc1. The summed E-state index contributed by atoms with van der Waals surface area (Å²) in [6, 6.07) is 24.4. The fourth-order valence-corrected chi connectivity index (χ4v) is 3.72. The molecule has 0 aromatic heterocycles. The van der Waals surface area contributed by atoms with Crippen molar-refractivity contribution in [2.45, 2.75) is 25.7 Å². The molecule has 4 rings (SSSR count). The van der Waals surface area contributed by atoms with Crippen LogP contribution >= 0.6 is 0 Å². The lowest BCUT2D eigenvalue weighted by molar-refractivity contribution is 0.0984. The van der Waals surface area contributed by atoms with E-state index in [-0.39, 0.29) is 11.8 Å². The summed E-state index contributed by atoms with van der Waals surface area (Å²) in [6.45, 7) is 0.725. The third-order valence-electron chi connectivity index (χ3n) is 5.28. The van der Waals surface area contributed by atoms with E-state index in [1.54, 1.807) is 36.4 Å². The average Bonchev–Trinajstić information content (AvgIpc) is 2.75. The summed E-state index contributed by atoms with van der Waals surface area (Å²) in [7, 11) is 0. The smallest absolute Gasteiger partial charge is 0.258 e. The van der Waals surface area contributed by atoms with E-state index in [2.05, 4.69) is 11.4 Å². The van der Waals surface area contributed by atoms with Crippen LogP contribution in [0.4, 0.5) is 11.4 Å². The minimum Gasteiger partial charge on any atom is -0.322 e. The number of benzene rings is 3. The minimum absolute atomic E-state index is 0.000265. The molecule has 4 heteroatoms. The van der Waals surface area contributed by atoms with Crippen molar-refractivity contribution in [3.8, 4) is 0 Å². The molecule has 0 saturated carbocycles. The number of carbonyl (C=O) groups excluding carboxylic acids is 2. The zero-order chi connectivity index (χ0) is 20.1. The van der Waals surface area contributed by atoms with Crippen LogP contribution in [0.5, 0.6) is 0 Å². The lowest BCUT2D eigenvalue weighted by atomic mass is 10.0. The Bertz CT molecular complexity index is 997. The van der Waals surface area contributed by atoms with E-state index in [4.69, 9.17) is 0 Å². The van der Waals surface area contributed by atoms with Crippen molar-refractivity contribution in [3.05, 3.63) is 95.6 Å². The largest absolute Gasteiger partial charge is 0.322 e. The van der Waals surface area contributed by atoms with Gasteiger partial charge in [-0.05, 0) is 67.3 Å². The second kappa shape index (κ2) is 8.74. The van der Waals surface area contributed by atoms with Gasteiger partial charge in [-0.1, -0.05) is 42.8 Å². The van der Waals surface area contributed by atoms with Crippen molar-refractivity contribution in [1.29, 1.82) is 0 Å². The molecule has 1 aliphatic heterocycles. The van der Waals surface area contributed by atoms with Crippen LogP contribution in [0, 0.1) is 0 Å². The lowest BCUT2D eigenvalue weighted by Gasteiger charge is -2.27. The number of para-hydroxylation sites is 1. The van der Waals surface area contributed by atoms with Gasteiger partial charge < -0.3 is 10.2 Å². The molecule has 1 aliphatic rings. The van der Waals surface area contributed by atoms with E-state index in [0.29, 0.717) is 16.8 Å². The van der Waals surface area contributed by atoms with Crippen LogP contribution in [0.3, 0.4) is 0 Å². The van der Waals surface area contributed by atoms with Gasteiger partial charge in [0, 0.05) is 29.0 Å². The molecule has 1 heterocycles. The standard InChI is InChI=1S/C25H24N2O2/c28-24(20-11-3-1-4-12-20)26-22-16-14-21(15-17-22)25(29)27-18-8-2-5-9-19-10-6-7-13-23(19)27/h1,3-4,6-7,10-17H,2,5,8-9,18H2,(H,26,28). The molecule has 3 aromatic rings. The molecule has 0 spiro atoms. The van der Waals surface area contributed by atoms with Gasteiger partial charge in [0.1, 0.15) is 0 Å². The summed E-state index contributed by atoms with van der Waals surface area (Å²) >= 11 is 0. The van der Waals surface area contributed by atoms with Crippen molar-refractivity contribution < 1.29 is 9.59 Å². The molecule has 3 aromatic carbocycles. The van der Waals surface area contributed by atoms with E-state index in [0.717, 1.165) is 37.9 Å². The maximum Gasteiger partial charge on any atom is 0.258 e. The number of hydrogen-bond donors (Lipinski definition) is 1. The first-order valence-electron chi connectivity index (χ1n) is 10.1. The Morgan fingerprint density at radius 2 is 1.45 bits per heavy atom. The fourth-order valence-electron chi connectivity index (χ4n) is 3.72. The summed E-state index contributed by atoms with van der Waals surface area (Å²) < 4.78 is 0. The minimum atomic E-state index is -0.164. The second-order valence-electron chi connectivity index (χ2n) is 7.29. The predicted octanol–water partition coefficient (Wildman–Crippen LogP) is 5.31. The normalized spacial score (nSPS) is 13.7. The molecule has 0 fully saturated rings. The lowest BCUT2D eigenvalue weighted by Crippen LogP contribution is -2.33. The highest BCUT2D eigenvalue weighted by Crippen LogP contribution is 2.27. The van der Waals surface area contributed by atoms with Crippen molar-refractivity contribution in [2.24, 2.45) is 0 Å². The van der Waals surface area contributed by atoms with E-state index < -0.39 is 0 Å². The van der Waals surface area contributed by atoms with E-state index >= 15 is 0 Å². The molecule has 0 bridgehead atoms. The topological polar surface area (TPSA) is 49.4 Å². The highest BCUT2D eigenvalue weighted by Gasteiger charge is 2.21.